The number of hydrogen-bond donors (Lipinski definition) is 2. The van der Waals surface area contributed by atoms with Gasteiger partial charge in [-0.25, -0.2) is 0 Å². The summed E-state index contributed by atoms with van der Waals surface area (Å²) >= 11 is 2.96. The fraction of sp³-hybridized carbons (Fsp3) is 0.562. The van der Waals surface area contributed by atoms with Gasteiger partial charge in [-0.1, -0.05) is 45.9 Å². The lowest BCUT2D eigenvalue weighted by Crippen LogP contribution is -2.33. The van der Waals surface area contributed by atoms with Crippen LogP contribution in [0.5, 0.6) is 0 Å². The van der Waals surface area contributed by atoms with Crippen molar-refractivity contribution in [3.8, 4) is 0 Å². The third kappa shape index (κ3) is 19.4. The van der Waals surface area contributed by atoms with Crippen LogP contribution in [0.1, 0.15) is 82.9 Å². The largest absolute Gasteiger partial charge is 0.418 e. The van der Waals surface area contributed by atoms with E-state index in [9.17, 15) is 22.8 Å². The van der Waals surface area contributed by atoms with Crippen LogP contribution < -0.4 is 11.1 Å². The number of halogens is 4. The number of carbonyl (C=O) groups is 2. The Kier molecular flexibility index (Phi) is 24.1. The van der Waals surface area contributed by atoms with Crippen molar-refractivity contribution in [2.24, 2.45) is 5.92 Å². The molecule has 3 rings (SSSR count). The summed E-state index contributed by atoms with van der Waals surface area (Å²) in [6.07, 6.45) is 3.68. The molecule has 0 spiro atoms. The molecule has 1 saturated heterocycles. The van der Waals surface area contributed by atoms with Crippen molar-refractivity contribution in [2.75, 3.05) is 37.7 Å². The number of nitrogen functional groups attached to an aromatic ring is 1. The Bertz CT molecular complexity index is 964. The average Bonchev–Trinajstić information content (AvgIpc) is 2.94. The van der Waals surface area contributed by atoms with Gasteiger partial charge in [0.1, 0.15) is 12.6 Å². The molecule has 0 aromatic heterocycles. The van der Waals surface area contributed by atoms with Gasteiger partial charge in [-0.2, -0.15) is 13.2 Å². The number of anilines is 2. The third-order valence-corrected chi connectivity index (χ3v) is 6.73. The number of nitrogens with one attached hydrogen (secondary N) is 1. The van der Waals surface area contributed by atoms with Gasteiger partial charge in [-0.05, 0) is 110 Å². The SMILES string of the molecule is CC.CC1CCN(CCCC=O)CC1.CCCC=O.CNc1ccccc1C.Cc1cc(Br)c(N)c(C(F)(F)F)c1. The fourth-order valence-electron chi connectivity index (χ4n) is 3.64. The Morgan fingerprint density at radius 2 is 1.61 bits per heavy atom. The monoisotopic (exact) mass is 645 g/mol. The zero-order valence-electron chi connectivity index (χ0n) is 25.9. The van der Waals surface area contributed by atoms with E-state index >= 15 is 0 Å². The zero-order chi connectivity index (χ0) is 31.8. The molecule has 1 heterocycles. The minimum Gasteiger partial charge on any atom is -0.397 e. The Hall–Kier alpha value is -2.39. The highest BCUT2D eigenvalue weighted by molar-refractivity contribution is 9.10. The highest BCUT2D eigenvalue weighted by Crippen LogP contribution is 2.37. The number of piperidine rings is 1. The first-order valence-corrected chi connectivity index (χ1v) is 15.2. The smallest absolute Gasteiger partial charge is 0.397 e. The third-order valence-electron chi connectivity index (χ3n) is 6.07. The van der Waals surface area contributed by atoms with Gasteiger partial charge in [0.15, 0.2) is 0 Å². The first-order chi connectivity index (χ1) is 19.4. The van der Waals surface area contributed by atoms with Gasteiger partial charge in [-0.15, -0.1) is 0 Å². The molecule has 0 atom stereocenters. The second-order valence-corrected chi connectivity index (χ2v) is 10.4. The highest BCUT2D eigenvalue weighted by Gasteiger charge is 2.33. The maximum absolute atomic E-state index is 12.3. The van der Waals surface area contributed by atoms with E-state index < -0.39 is 11.7 Å². The molecule has 0 unspecified atom stereocenters. The number of likely N-dealkylation sites (tertiary alicyclic amines) is 1. The van der Waals surface area contributed by atoms with Crippen molar-refractivity contribution in [3.05, 3.63) is 57.6 Å². The Labute approximate surface area is 254 Å². The van der Waals surface area contributed by atoms with E-state index in [-0.39, 0.29) is 10.2 Å². The molecular weight excluding hydrogens is 595 g/mol. The highest BCUT2D eigenvalue weighted by atomic mass is 79.9. The van der Waals surface area contributed by atoms with Gasteiger partial charge in [0.2, 0.25) is 0 Å². The van der Waals surface area contributed by atoms with Gasteiger partial charge >= 0.3 is 6.18 Å². The van der Waals surface area contributed by atoms with E-state index in [0.29, 0.717) is 12.0 Å². The Balaban J connectivity index is 0. The lowest BCUT2D eigenvalue weighted by atomic mass is 9.99. The summed E-state index contributed by atoms with van der Waals surface area (Å²) in [6, 6.07) is 10.8. The van der Waals surface area contributed by atoms with Gasteiger partial charge in [0.25, 0.3) is 0 Å². The van der Waals surface area contributed by atoms with Gasteiger partial charge in [0, 0.05) is 30.0 Å². The number of aryl methyl sites for hydroxylation is 2. The van der Waals surface area contributed by atoms with E-state index in [0.717, 1.165) is 50.4 Å². The number of para-hydroxylation sites is 1. The van der Waals surface area contributed by atoms with Crippen LogP contribution in [-0.4, -0.2) is 44.2 Å². The summed E-state index contributed by atoms with van der Waals surface area (Å²) < 4.78 is 37.2. The summed E-state index contributed by atoms with van der Waals surface area (Å²) in [5.41, 5.74) is 7.23. The van der Waals surface area contributed by atoms with Crippen molar-refractivity contribution in [1.29, 1.82) is 0 Å². The number of benzene rings is 2. The van der Waals surface area contributed by atoms with Crippen LogP contribution in [0.15, 0.2) is 40.9 Å². The summed E-state index contributed by atoms with van der Waals surface area (Å²) in [7, 11) is 1.93. The normalized spacial score (nSPS) is 13.0. The van der Waals surface area contributed by atoms with Crippen molar-refractivity contribution in [1.82, 2.24) is 4.90 Å². The predicted octanol–water partition coefficient (Wildman–Crippen LogP) is 9.10. The zero-order valence-corrected chi connectivity index (χ0v) is 27.5. The number of rotatable bonds is 7. The lowest BCUT2D eigenvalue weighted by Gasteiger charge is -2.29. The predicted molar refractivity (Wildman–Crippen MR) is 171 cm³/mol. The molecule has 0 aliphatic carbocycles. The number of alkyl halides is 3. The summed E-state index contributed by atoms with van der Waals surface area (Å²) in [6.45, 7) is 15.6. The van der Waals surface area contributed by atoms with Crippen LogP contribution in [0.2, 0.25) is 0 Å². The molecule has 0 saturated carbocycles. The number of nitrogens with zero attached hydrogens (tertiary/aromatic N) is 1. The Morgan fingerprint density at radius 1 is 1.05 bits per heavy atom. The number of carbonyl (C=O) groups excluding carboxylic acids is 2. The van der Waals surface area contributed by atoms with E-state index in [1.54, 1.807) is 13.0 Å². The van der Waals surface area contributed by atoms with Crippen molar-refractivity contribution >= 4 is 39.9 Å². The summed E-state index contributed by atoms with van der Waals surface area (Å²) in [4.78, 5) is 22.0. The molecule has 2 aromatic rings. The Morgan fingerprint density at radius 3 is 2.02 bits per heavy atom. The number of unbranched alkanes of at least 4 members (excludes halogenated alkanes) is 2. The molecule has 0 amide bonds. The van der Waals surface area contributed by atoms with Crippen molar-refractivity contribution in [3.63, 3.8) is 0 Å². The standard InChI is InChI=1S/C10H19NO.C8H7BrF3N.C8H11N.C4H8O.C2H6/c1-10-4-7-11(8-5-10)6-2-3-9-12;1-4-2-5(8(10,11)12)7(13)6(9)3-4;1-7-5-3-4-6-8(7)9-2;1-2-3-4-5;1-2/h9-10H,2-8H2,1H3;2-3H,13H2,1H3;3-6,9H,1-2H3;4H,2-3H2,1H3;1-2H3. The van der Waals surface area contributed by atoms with Crippen LogP contribution >= 0.6 is 15.9 Å². The van der Waals surface area contributed by atoms with E-state index in [1.807, 2.05) is 40.0 Å². The molecule has 9 heteroatoms. The lowest BCUT2D eigenvalue weighted by molar-refractivity contribution is -0.137. The maximum atomic E-state index is 12.3. The quantitative estimate of drug-likeness (QED) is 0.178. The van der Waals surface area contributed by atoms with Crippen LogP contribution in [0.3, 0.4) is 0 Å². The summed E-state index contributed by atoms with van der Waals surface area (Å²) in [5.74, 6) is 0.910. The summed E-state index contributed by atoms with van der Waals surface area (Å²) in [5, 5.41) is 3.10. The average molecular weight is 647 g/mol. The van der Waals surface area contributed by atoms with Crippen LogP contribution in [0.25, 0.3) is 0 Å². The fourth-order valence-corrected chi connectivity index (χ4v) is 4.22. The molecule has 1 fully saturated rings. The molecule has 1 aliphatic rings. The van der Waals surface area contributed by atoms with Crippen LogP contribution in [-0.2, 0) is 15.8 Å². The molecule has 41 heavy (non-hydrogen) atoms. The van der Waals surface area contributed by atoms with Crippen LogP contribution in [0, 0.1) is 19.8 Å². The topological polar surface area (TPSA) is 75.4 Å². The molecule has 2 aromatic carbocycles. The van der Waals surface area contributed by atoms with Crippen molar-refractivity contribution in [2.45, 2.75) is 86.2 Å². The van der Waals surface area contributed by atoms with E-state index in [2.05, 4.69) is 52.1 Å². The van der Waals surface area contributed by atoms with Gasteiger partial charge in [-0.3, -0.25) is 0 Å². The maximum Gasteiger partial charge on any atom is 0.418 e. The number of nitrogens with two attached hydrogens (primary N) is 1. The molecule has 1 aliphatic heterocycles. The number of hydrogen-bond acceptors (Lipinski definition) is 5. The first kappa shape index (κ1) is 40.7. The minimum absolute atomic E-state index is 0.266. The number of aldehydes is 2. The second-order valence-electron chi connectivity index (χ2n) is 9.56. The van der Waals surface area contributed by atoms with Gasteiger partial charge < -0.3 is 25.5 Å². The molecule has 0 bridgehead atoms. The van der Waals surface area contributed by atoms with Gasteiger partial charge in [0.05, 0.1) is 11.3 Å². The molecule has 3 N–H and O–H groups in total. The molecule has 5 nitrogen and oxygen atoms in total. The van der Waals surface area contributed by atoms with E-state index in [4.69, 9.17) is 5.73 Å². The van der Waals surface area contributed by atoms with E-state index in [1.165, 1.54) is 37.2 Å². The van der Waals surface area contributed by atoms with Crippen molar-refractivity contribution < 1.29 is 22.8 Å². The minimum atomic E-state index is -4.39. The second kappa shape index (κ2) is 24.2. The van der Waals surface area contributed by atoms with Crippen LogP contribution in [0.4, 0.5) is 24.5 Å². The first-order valence-electron chi connectivity index (χ1n) is 14.4. The molecular formula is C32H51BrF3N3O2. The molecule has 234 valence electrons. The molecule has 0 radical (unpaired) electrons.